The van der Waals surface area contributed by atoms with E-state index in [4.69, 9.17) is 9.47 Å². The fraction of sp³-hybridized carbons (Fsp3) is 0.409. The molecule has 0 spiro atoms. The van der Waals surface area contributed by atoms with Crippen LogP contribution in [0.25, 0.3) is 0 Å². The van der Waals surface area contributed by atoms with Gasteiger partial charge in [-0.1, -0.05) is 12.1 Å². The summed E-state index contributed by atoms with van der Waals surface area (Å²) in [6.45, 7) is 4.21. The molecule has 0 saturated heterocycles. The zero-order valence-electron chi connectivity index (χ0n) is 17.6. The van der Waals surface area contributed by atoms with Crippen LogP contribution >= 0.6 is 0 Å². The van der Waals surface area contributed by atoms with Crippen LogP contribution in [-0.4, -0.2) is 47.4 Å². The maximum Gasteiger partial charge on any atom is 0.191 e. The summed E-state index contributed by atoms with van der Waals surface area (Å²) < 4.78 is 10.7. The SMILES string of the molecule is CCNC(=NCc1ccc(OC)cc1OC)NCCc1ccc(N(C)C)cc1. The van der Waals surface area contributed by atoms with Gasteiger partial charge in [0.2, 0.25) is 0 Å². The first-order valence-corrected chi connectivity index (χ1v) is 9.56. The van der Waals surface area contributed by atoms with Crippen LogP contribution in [-0.2, 0) is 13.0 Å². The molecular formula is C22H32N4O2. The molecule has 2 N–H and O–H groups in total. The van der Waals surface area contributed by atoms with E-state index in [1.54, 1.807) is 14.2 Å². The van der Waals surface area contributed by atoms with E-state index in [0.29, 0.717) is 6.54 Å². The monoisotopic (exact) mass is 384 g/mol. The summed E-state index contributed by atoms with van der Waals surface area (Å²) in [6, 6.07) is 14.4. The highest BCUT2D eigenvalue weighted by Gasteiger charge is 2.05. The molecule has 152 valence electrons. The third-order valence-electron chi connectivity index (χ3n) is 4.40. The van der Waals surface area contributed by atoms with Crippen molar-refractivity contribution in [2.75, 3.05) is 46.3 Å². The van der Waals surface area contributed by atoms with E-state index in [0.717, 1.165) is 42.5 Å². The van der Waals surface area contributed by atoms with Gasteiger partial charge in [-0.05, 0) is 43.2 Å². The Bertz CT molecular complexity index is 758. The Morgan fingerprint density at radius 3 is 2.36 bits per heavy atom. The minimum atomic E-state index is 0.528. The van der Waals surface area contributed by atoms with Crippen molar-refractivity contribution in [2.24, 2.45) is 4.99 Å². The van der Waals surface area contributed by atoms with Crippen LogP contribution in [0.2, 0.25) is 0 Å². The van der Waals surface area contributed by atoms with Crippen LogP contribution in [0.4, 0.5) is 5.69 Å². The van der Waals surface area contributed by atoms with E-state index in [-0.39, 0.29) is 0 Å². The molecule has 0 aliphatic heterocycles. The second kappa shape index (κ2) is 11.1. The van der Waals surface area contributed by atoms with Crippen LogP contribution in [0.5, 0.6) is 11.5 Å². The third-order valence-corrected chi connectivity index (χ3v) is 4.40. The Hall–Kier alpha value is -2.89. The fourth-order valence-corrected chi connectivity index (χ4v) is 2.77. The molecule has 2 aromatic rings. The molecule has 2 rings (SSSR count). The zero-order valence-corrected chi connectivity index (χ0v) is 17.6. The summed E-state index contributed by atoms with van der Waals surface area (Å²) in [5.41, 5.74) is 3.52. The number of methoxy groups -OCH3 is 2. The predicted molar refractivity (Wildman–Crippen MR) is 117 cm³/mol. The number of ether oxygens (including phenoxy) is 2. The van der Waals surface area contributed by atoms with Crippen LogP contribution in [0, 0.1) is 0 Å². The van der Waals surface area contributed by atoms with E-state index >= 15 is 0 Å². The number of aliphatic imine (C=N–C) groups is 1. The Balaban J connectivity index is 1.95. The third kappa shape index (κ3) is 6.37. The molecule has 2 aromatic carbocycles. The van der Waals surface area contributed by atoms with Crippen LogP contribution in [0.3, 0.4) is 0 Å². The lowest BCUT2D eigenvalue weighted by molar-refractivity contribution is 0.391. The second-order valence-electron chi connectivity index (χ2n) is 6.61. The van der Waals surface area contributed by atoms with Gasteiger partial charge in [-0.2, -0.15) is 0 Å². The first kappa shape index (κ1) is 21.4. The zero-order chi connectivity index (χ0) is 20.4. The molecule has 0 unspecified atom stereocenters. The van der Waals surface area contributed by atoms with Gasteiger partial charge in [-0.15, -0.1) is 0 Å². The maximum absolute atomic E-state index is 5.45. The maximum atomic E-state index is 5.45. The summed E-state index contributed by atoms with van der Waals surface area (Å²) in [5.74, 6) is 2.35. The molecule has 0 aliphatic carbocycles. The van der Waals surface area contributed by atoms with Gasteiger partial charge < -0.3 is 25.0 Å². The summed E-state index contributed by atoms with van der Waals surface area (Å²) in [6.07, 6.45) is 0.935. The van der Waals surface area contributed by atoms with Crippen LogP contribution < -0.4 is 25.0 Å². The number of hydrogen-bond acceptors (Lipinski definition) is 4. The first-order chi connectivity index (χ1) is 13.6. The first-order valence-electron chi connectivity index (χ1n) is 9.56. The molecule has 0 radical (unpaired) electrons. The van der Waals surface area contributed by atoms with Crippen molar-refractivity contribution in [3.8, 4) is 11.5 Å². The van der Waals surface area contributed by atoms with Gasteiger partial charge in [0, 0.05) is 44.5 Å². The summed E-state index contributed by atoms with van der Waals surface area (Å²) in [5, 5.41) is 6.69. The van der Waals surface area contributed by atoms with Gasteiger partial charge in [0.1, 0.15) is 11.5 Å². The lowest BCUT2D eigenvalue weighted by atomic mass is 10.1. The molecule has 0 aliphatic rings. The molecule has 0 fully saturated rings. The van der Waals surface area contributed by atoms with Crippen molar-refractivity contribution in [3.63, 3.8) is 0 Å². The number of nitrogens with zero attached hydrogens (tertiary/aromatic N) is 2. The highest BCUT2D eigenvalue weighted by atomic mass is 16.5. The molecule has 6 nitrogen and oxygen atoms in total. The largest absolute Gasteiger partial charge is 0.497 e. The standard InChI is InChI=1S/C22H32N4O2/c1-6-23-22(24-14-13-17-7-10-19(11-8-17)26(2)3)25-16-18-9-12-20(27-4)15-21(18)28-5/h7-12,15H,6,13-14,16H2,1-5H3,(H2,23,24,25). The van der Waals surface area contributed by atoms with E-state index in [2.05, 4.69) is 51.7 Å². The van der Waals surface area contributed by atoms with Gasteiger partial charge in [0.15, 0.2) is 5.96 Å². The van der Waals surface area contributed by atoms with Crippen molar-refractivity contribution < 1.29 is 9.47 Å². The second-order valence-corrected chi connectivity index (χ2v) is 6.61. The minimum Gasteiger partial charge on any atom is -0.497 e. The summed E-state index contributed by atoms with van der Waals surface area (Å²) in [4.78, 5) is 6.79. The topological polar surface area (TPSA) is 58.1 Å². The lowest BCUT2D eigenvalue weighted by Crippen LogP contribution is -2.38. The highest BCUT2D eigenvalue weighted by Crippen LogP contribution is 2.25. The molecule has 0 heterocycles. The van der Waals surface area contributed by atoms with Crippen molar-refractivity contribution in [2.45, 2.75) is 19.9 Å². The molecule has 0 aromatic heterocycles. The van der Waals surface area contributed by atoms with Crippen molar-refractivity contribution in [1.29, 1.82) is 0 Å². The van der Waals surface area contributed by atoms with Gasteiger partial charge >= 0.3 is 0 Å². The quantitative estimate of drug-likeness (QED) is 0.514. The van der Waals surface area contributed by atoms with E-state index < -0.39 is 0 Å². The van der Waals surface area contributed by atoms with Crippen LogP contribution in [0.1, 0.15) is 18.1 Å². The summed E-state index contributed by atoms with van der Waals surface area (Å²) in [7, 11) is 7.40. The number of hydrogen-bond donors (Lipinski definition) is 2. The lowest BCUT2D eigenvalue weighted by Gasteiger charge is -2.14. The number of nitrogens with one attached hydrogen (secondary N) is 2. The van der Waals surface area contributed by atoms with Crippen molar-refractivity contribution in [3.05, 3.63) is 53.6 Å². The number of guanidine groups is 1. The number of anilines is 1. The minimum absolute atomic E-state index is 0.528. The van der Waals surface area contributed by atoms with E-state index in [1.165, 1.54) is 11.3 Å². The number of benzene rings is 2. The predicted octanol–water partition coefficient (Wildman–Crippen LogP) is 3.07. The molecular weight excluding hydrogens is 352 g/mol. The molecule has 0 amide bonds. The van der Waals surface area contributed by atoms with Gasteiger partial charge in [-0.3, -0.25) is 0 Å². The Morgan fingerprint density at radius 1 is 1.00 bits per heavy atom. The Morgan fingerprint density at radius 2 is 1.75 bits per heavy atom. The van der Waals surface area contributed by atoms with Gasteiger partial charge in [0.05, 0.1) is 20.8 Å². The Kier molecular flexibility index (Phi) is 8.46. The average molecular weight is 385 g/mol. The normalized spacial score (nSPS) is 11.1. The summed E-state index contributed by atoms with van der Waals surface area (Å²) >= 11 is 0. The van der Waals surface area contributed by atoms with E-state index in [9.17, 15) is 0 Å². The molecule has 6 heteroatoms. The molecule has 0 saturated carbocycles. The van der Waals surface area contributed by atoms with Crippen molar-refractivity contribution in [1.82, 2.24) is 10.6 Å². The number of rotatable bonds is 9. The molecule has 0 bridgehead atoms. The highest BCUT2D eigenvalue weighted by molar-refractivity contribution is 5.79. The smallest absolute Gasteiger partial charge is 0.191 e. The van der Waals surface area contributed by atoms with Gasteiger partial charge in [-0.25, -0.2) is 4.99 Å². The van der Waals surface area contributed by atoms with Crippen LogP contribution in [0.15, 0.2) is 47.5 Å². The molecule has 0 atom stereocenters. The molecule has 28 heavy (non-hydrogen) atoms. The van der Waals surface area contributed by atoms with E-state index in [1.807, 2.05) is 32.3 Å². The van der Waals surface area contributed by atoms with Crippen molar-refractivity contribution >= 4 is 11.6 Å². The Labute approximate surface area is 168 Å². The average Bonchev–Trinajstić information content (AvgIpc) is 2.72. The fourth-order valence-electron chi connectivity index (χ4n) is 2.77. The van der Waals surface area contributed by atoms with Gasteiger partial charge in [0.25, 0.3) is 0 Å².